The minimum absolute atomic E-state index is 0.0297. The van der Waals surface area contributed by atoms with Crippen molar-refractivity contribution in [2.45, 2.75) is 6.61 Å². The highest BCUT2D eigenvalue weighted by Crippen LogP contribution is 2.14. The molecule has 0 amide bonds. The number of aromatic nitrogens is 1. The molecule has 1 aromatic carbocycles. The molecular formula is C15H14F2N2O4S. The van der Waals surface area contributed by atoms with Crippen LogP contribution in [0.3, 0.4) is 0 Å². The van der Waals surface area contributed by atoms with Crippen molar-refractivity contribution in [3.8, 4) is 0 Å². The zero-order valence-corrected chi connectivity index (χ0v) is 13.4. The van der Waals surface area contributed by atoms with E-state index in [1.54, 1.807) is 6.07 Å². The molecule has 1 aromatic heterocycles. The van der Waals surface area contributed by atoms with Gasteiger partial charge in [0, 0.05) is 18.0 Å². The highest BCUT2D eigenvalue weighted by atomic mass is 32.2. The summed E-state index contributed by atoms with van der Waals surface area (Å²) in [6.45, 7) is -0.213. The highest BCUT2D eigenvalue weighted by molar-refractivity contribution is 7.90. The summed E-state index contributed by atoms with van der Waals surface area (Å²) in [4.78, 5) is 8.85. The number of hydrogen-bond acceptors (Lipinski definition) is 6. The lowest BCUT2D eigenvalue weighted by molar-refractivity contribution is 0.190. The molecule has 0 bridgehead atoms. The second-order valence-electron chi connectivity index (χ2n) is 4.95. The minimum atomic E-state index is -3.43. The van der Waals surface area contributed by atoms with Crippen molar-refractivity contribution in [1.29, 1.82) is 0 Å². The SMILES string of the molecule is CS(=O)(=O)CO/N=C(\c1ccc(F)c(F)c1)c1ccc(CO)cn1. The lowest BCUT2D eigenvalue weighted by Crippen LogP contribution is -2.10. The van der Waals surface area contributed by atoms with Gasteiger partial charge in [-0.1, -0.05) is 11.2 Å². The smallest absolute Gasteiger partial charge is 0.217 e. The molecule has 1 N–H and O–H groups in total. The normalized spacial score (nSPS) is 12.2. The fraction of sp³-hybridized carbons (Fsp3) is 0.200. The number of benzene rings is 1. The van der Waals surface area contributed by atoms with Crippen molar-refractivity contribution in [1.82, 2.24) is 4.98 Å². The molecule has 6 nitrogen and oxygen atoms in total. The Hall–Kier alpha value is -2.39. The molecule has 2 rings (SSSR count). The Kier molecular flexibility index (Phi) is 5.58. The Morgan fingerprint density at radius 1 is 1.25 bits per heavy atom. The first-order chi connectivity index (χ1) is 11.3. The first-order valence-electron chi connectivity index (χ1n) is 6.69. The average Bonchev–Trinajstić information content (AvgIpc) is 2.54. The molecule has 0 saturated carbocycles. The van der Waals surface area contributed by atoms with Gasteiger partial charge in [0.25, 0.3) is 0 Å². The van der Waals surface area contributed by atoms with Crippen LogP contribution in [0, 0.1) is 11.6 Å². The lowest BCUT2D eigenvalue weighted by Gasteiger charge is -2.08. The van der Waals surface area contributed by atoms with E-state index in [4.69, 9.17) is 9.94 Å². The number of aliphatic hydroxyl groups excluding tert-OH is 1. The monoisotopic (exact) mass is 356 g/mol. The van der Waals surface area contributed by atoms with Crippen LogP contribution in [-0.2, 0) is 21.3 Å². The van der Waals surface area contributed by atoms with E-state index in [1.807, 2.05) is 0 Å². The lowest BCUT2D eigenvalue weighted by atomic mass is 10.1. The molecule has 24 heavy (non-hydrogen) atoms. The maximum Gasteiger partial charge on any atom is 0.217 e. The van der Waals surface area contributed by atoms with Crippen LogP contribution in [0.15, 0.2) is 41.7 Å². The number of aliphatic hydroxyl groups is 1. The van der Waals surface area contributed by atoms with Crippen LogP contribution in [0.2, 0.25) is 0 Å². The molecule has 0 fully saturated rings. The number of halogens is 2. The van der Waals surface area contributed by atoms with E-state index in [-0.39, 0.29) is 23.6 Å². The van der Waals surface area contributed by atoms with Crippen LogP contribution in [0.4, 0.5) is 8.78 Å². The van der Waals surface area contributed by atoms with Crippen LogP contribution in [-0.4, -0.2) is 36.4 Å². The van der Waals surface area contributed by atoms with Crippen LogP contribution in [0.25, 0.3) is 0 Å². The van der Waals surface area contributed by atoms with Gasteiger partial charge in [-0.25, -0.2) is 17.2 Å². The maximum absolute atomic E-state index is 13.5. The Labute approximate surface area is 137 Å². The van der Waals surface area contributed by atoms with Crippen LogP contribution in [0.1, 0.15) is 16.8 Å². The second-order valence-corrected chi connectivity index (χ2v) is 7.04. The Morgan fingerprint density at radius 2 is 2.00 bits per heavy atom. The van der Waals surface area contributed by atoms with Gasteiger partial charge in [0.2, 0.25) is 5.94 Å². The molecule has 0 aliphatic carbocycles. The molecule has 1 heterocycles. The molecule has 0 atom stereocenters. The summed E-state index contributed by atoms with van der Waals surface area (Å²) in [6.07, 6.45) is 2.34. The zero-order valence-electron chi connectivity index (χ0n) is 12.6. The van der Waals surface area contributed by atoms with Gasteiger partial charge in [-0.2, -0.15) is 0 Å². The summed E-state index contributed by atoms with van der Waals surface area (Å²) < 4.78 is 48.8. The largest absolute Gasteiger partial charge is 0.392 e. The van der Waals surface area contributed by atoms with Crippen LogP contribution >= 0.6 is 0 Å². The number of hydrogen-bond donors (Lipinski definition) is 1. The number of pyridine rings is 1. The number of rotatable bonds is 6. The van der Waals surface area contributed by atoms with Crippen molar-refractivity contribution in [2.75, 3.05) is 12.2 Å². The van der Waals surface area contributed by atoms with E-state index >= 15 is 0 Å². The van der Waals surface area contributed by atoms with E-state index in [0.717, 1.165) is 18.4 Å². The molecule has 2 aromatic rings. The molecule has 0 radical (unpaired) electrons. The van der Waals surface area contributed by atoms with Crippen molar-refractivity contribution in [2.24, 2.45) is 5.16 Å². The molecule has 0 saturated heterocycles. The summed E-state index contributed by atoms with van der Waals surface area (Å²) in [5.74, 6) is -2.79. The van der Waals surface area contributed by atoms with Gasteiger partial charge >= 0.3 is 0 Å². The van der Waals surface area contributed by atoms with Gasteiger partial charge in [0.15, 0.2) is 21.5 Å². The molecule has 0 aliphatic rings. The molecule has 0 unspecified atom stereocenters. The van der Waals surface area contributed by atoms with E-state index < -0.39 is 27.4 Å². The minimum Gasteiger partial charge on any atom is -0.392 e. The van der Waals surface area contributed by atoms with Gasteiger partial charge in [-0.15, -0.1) is 0 Å². The standard InChI is InChI=1S/C15H14F2N2O4S/c1-24(21,22)9-23-19-15(11-3-4-12(16)13(17)6-11)14-5-2-10(8-20)7-18-14/h2-7,20H,8-9H2,1H3/b19-15+. The zero-order chi connectivity index (χ0) is 17.7. The Bertz CT molecular complexity index is 852. The molecular weight excluding hydrogens is 342 g/mol. The third kappa shape index (κ3) is 4.80. The van der Waals surface area contributed by atoms with Gasteiger partial charge in [-0.05, 0) is 29.8 Å². The Balaban J connectivity index is 2.43. The van der Waals surface area contributed by atoms with Crippen LogP contribution in [0.5, 0.6) is 0 Å². The average molecular weight is 356 g/mol. The number of nitrogens with zero attached hydrogens (tertiary/aromatic N) is 2. The van der Waals surface area contributed by atoms with Gasteiger partial charge < -0.3 is 9.94 Å². The van der Waals surface area contributed by atoms with E-state index in [9.17, 15) is 17.2 Å². The van der Waals surface area contributed by atoms with E-state index in [2.05, 4.69) is 10.1 Å². The molecule has 0 aliphatic heterocycles. The van der Waals surface area contributed by atoms with Crippen LogP contribution < -0.4 is 0 Å². The van der Waals surface area contributed by atoms with Gasteiger partial charge in [0.05, 0.1) is 12.3 Å². The third-order valence-electron chi connectivity index (χ3n) is 2.87. The summed E-state index contributed by atoms with van der Waals surface area (Å²) in [5.41, 5.74) is 0.973. The number of sulfone groups is 1. The van der Waals surface area contributed by atoms with Crippen molar-refractivity contribution < 1.29 is 27.1 Å². The predicted molar refractivity (Wildman–Crippen MR) is 83.0 cm³/mol. The van der Waals surface area contributed by atoms with Gasteiger partial charge in [-0.3, -0.25) is 4.98 Å². The quantitative estimate of drug-likeness (QED) is 0.628. The Morgan fingerprint density at radius 3 is 2.54 bits per heavy atom. The predicted octanol–water partition coefficient (Wildman–Crippen LogP) is 1.62. The van der Waals surface area contributed by atoms with E-state index in [0.29, 0.717) is 5.56 Å². The molecule has 0 spiro atoms. The summed E-state index contributed by atoms with van der Waals surface area (Å²) in [7, 11) is -3.43. The molecule has 9 heteroatoms. The molecule has 128 valence electrons. The van der Waals surface area contributed by atoms with Crippen molar-refractivity contribution in [3.63, 3.8) is 0 Å². The first kappa shape index (κ1) is 18.0. The van der Waals surface area contributed by atoms with Crippen molar-refractivity contribution >= 4 is 15.5 Å². The summed E-state index contributed by atoms with van der Waals surface area (Å²) >= 11 is 0. The highest BCUT2D eigenvalue weighted by Gasteiger charge is 2.13. The second kappa shape index (κ2) is 7.45. The third-order valence-corrected chi connectivity index (χ3v) is 3.40. The van der Waals surface area contributed by atoms with Crippen molar-refractivity contribution in [3.05, 3.63) is 65.0 Å². The van der Waals surface area contributed by atoms with Gasteiger partial charge in [0.1, 0.15) is 5.71 Å². The van der Waals surface area contributed by atoms with E-state index in [1.165, 1.54) is 18.3 Å². The summed E-state index contributed by atoms with van der Waals surface area (Å²) in [6, 6.07) is 6.14. The fourth-order valence-corrected chi connectivity index (χ4v) is 1.98. The first-order valence-corrected chi connectivity index (χ1v) is 8.75. The maximum atomic E-state index is 13.5. The fourth-order valence-electron chi connectivity index (χ4n) is 1.74. The number of oxime groups is 1. The summed E-state index contributed by atoms with van der Waals surface area (Å²) in [5, 5.41) is 12.7. The topological polar surface area (TPSA) is 88.9 Å².